The molecule has 6 rings (SSSR count). The smallest absolute Gasteiger partial charge is 0.337 e. The van der Waals surface area contributed by atoms with Crippen molar-refractivity contribution in [2.45, 2.75) is 78.0 Å². The van der Waals surface area contributed by atoms with Crippen LogP contribution < -0.4 is 9.64 Å². The van der Waals surface area contributed by atoms with Gasteiger partial charge in [0, 0.05) is 65.7 Å². The molecule has 0 saturated carbocycles. The zero-order valence-corrected chi connectivity index (χ0v) is 28.8. The third-order valence-corrected chi connectivity index (χ3v) is 9.63. The number of carboxylic acid groups (broad SMARTS) is 1. The van der Waals surface area contributed by atoms with Crippen molar-refractivity contribution < 1.29 is 23.8 Å². The third kappa shape index (κ3) is 6.21. The van der Waals surface area contributed by atoms with Gasteiger partial charge in [-0.2, -0.15) is 0 Å². The summed E-state index contributed by atoms with van der Waals surface area (Å²) < 4.78 is 29.8. The van der Waals surface area contributed by atoms with E-state index in [2.05, 4.69) is 30.0 Å². The van der Waals surface area contributed by atoms with Crippen molar-refractivity contribution in [2.24, 2.45) is 7.05 Å². The Bertz CT molecular complexity index is 1840. The quantitative estimate of drug-likeness (QED) is 0.234. The maximum Gasteiger partial charge on any atom is 0.337 e. The van der Waals surface area contributed by atoms with Crippen molar-refractivity contribution in [1.82, 2.24) is 19.4 Å². The summed E-state index contributed by atoms with van der Waals surface area (Å²) in [6.45, 7) is 11.6. The number of piperidine rings is 1. The predicted molar refractivity (Wildman–Crippen MR) is 183 cm³/mol. The molecule has 2 aliphatic heterocycles. The van der Waals surface area contributed by atoms with Gasteiger partial charge >= 0.3 is 5.97 Å². The Hall–Kier alpha value is -4.02. The number of halogens is 1. The summed E-state index contributed by atoms with van der Waals surface area (Å²) in [5.74, 6) is -0.370. The van der Waals surface area contributed by atoms with E-state index < -0.39 is 23.5 Å². The zero-order chi connectivity index (χ0) is 33.8. The van der Waals surface area contributed by atoms with Gasteiger partial charge in [-0.3, -0.25) is 0 Å². The second-order valence-corrected chi connectivity index (χ2v) is 14.1. The Balaban J connectivity index is 1.56. The lowest BCUT2D eigenvalue weighted by Crippen LogP contribution is -2.42. The topological polar surface area (TPSA) is 93.0 Å². The molecule has 9 nitrogen and oxygen atoms in total. The number of hydrogen-bond acceptors (Lipinski definition) is 7. The highest BCUT2D eigenvalue weighted by Gasteiger charge is 2.34. The molecule has 10 heteroatoms. The first kappa shape index (κ1) is 32.9. The highest BCUT2D eigenvalue weighted by molar-refractivity contribution is 6.01. The van der Waals surface area contributed by atoms with Gasteiger partial charge in [0.05, 0.1) is 17.9 Å². The summed E-state index contributed by atoms with van der Waals surface area (Å²) in [7, 11) is 6.23. The van der Waals surface area contributed by atoms with E-state index in [1.54, 1.807) is 0 Å². The van der Waals surface area contributed by atoms with E-state index in [1.807, 2.05) is 64.6 Å². The van der Waals surface area contributed by atoms with E-state index in [9.17, 15) is 9.90 Å². The third-order valence-electron chi connectivity index (χ3n) is 9.63. The van der Waals surface area contributed by atoms with Crippen molar-refractivity contribution in [3.05, 3.63) is 58.7 Å². The van der Waals surface area contributed by atoms with Crippen LogP contribution in [0.2, 0.25) is 0 Å². The fourth-order valence-corrected chi connectivity index (χ4v) is 7.21. The maximum atomic E-state index is 15.8. The molecule has 0 radical (unpaired) electrons. The Kier molecular flexibility index (Phi) is 8.78. The van der Waals surface area contributed by atoms with E-state index in [0.717, 1.165) is 65.9 Å². The molecule has 1 fully saturated rings. The normalized spacial score (nSPS) is 16.4. The highest BCUT2D eigenvalue weighted by atomic mass is 19.1. The molecule has 1 atom stereocenters. The Morgan fingerprint density at radius 1 is 1.17 bits per heavy atom. The minimum Gasteiger partial charge on any atom is -0.490 e. The molecule has 47 heavy (non-hydrogen) atoms. The zero-order valence-electron chi connectivity index (χ0n) is 28.8. The van der Waals surface area contributed by atoms with Crippen LogP contribution in [-0.4, -0.2) is 75.9 Å². The van der Waals surface area contributed by atoms with Crippen molar-refractivity contribution in [2.75, 3.05) is 38.7 Å². The van der Waals surface area contributed by atoms with Gasteiger partial charge in [-0.15, -0.1) is 0 Å². The average molecular weight is 644 g/mol. The first-order valence-electron chi connectivity index (χ1n) is 16.5. The first-order chi connectivity index (χ1) is 22.2. The van der Waals surface area contributed by atoms with Crippen LogP contribution in [0.4, 0.5) is 10.2 Å². The number of benzene rings is 1. The van der Waals surface area contributed by atoms with E-state index in [0.29, 0.717) is 47.1 Å². The molecular weight excluding hydrogens is 597 g/mol. The van der Waals surface area contributed by atoms with Crippen molar-refractivity contribution in [3.63, 3.8) is 0 Å². The summed E-state index contributed by atoms with van der Waals surface area (Å²) in [6.07, 6.45) is 4.13. The lowest BCUT2D eigenvalue weighted by atomic mass is 9.86. The largest absolute Gasteiger partial charge is 0.490 e. The number of fused-ring (bicyclic) bond motifs is 2. The number of aromatic nitrogens is 3. The Morgan fingerprint density at radius 2 is 1.89 bits per heavy atom. The van der Waals surface area contributed by atoms with Gasteiger partial charge in [-0.25, -0.2) is 19.2 Å². The molecule has 1 saturated heterocycles. The number of aryl methyl sites for hydroxylation is 2. The van der Waals surface area contributed by atoms with Gasteiger partial charge in [0.25, 0.3) is 0 Å². The summed E-state index contributed by atoms with van der Waals surface area (Å²) in [4.78, 5) is 27.2. The summed E-state index contributed by atoms with van der Waals surface area (Å²) in [5.41, 5.74) is 5.66. The van der Waals surface area contributed by atoms with Crippen molar-refractivity contribution >= 4 is 22.8 Å². The lowest BCUT2D eigenvalue weighted by molar-refractivity contribution is -0.160. The molecule has 0 amide bonds. The summed E-state index contributed by atoms with van der Waals surface area (Å²) in [6, 6.07) is 8.20. The molecule has 0 unspecified atom stereocenters. The number of pyridine rings is 2. The van der Waals surface area contributed by atoms with E-state index in [4.69, 9.17) is 19.4 Å². The molecule has 4 aromatic rings. The monoisotopic (exact) mass is 643 g/mol. The van der Waals surface area contributed by atoms with Gasteiger partial charge in [-0.05, 0) is 110 Å². The number of anilines is 1. The van der Waals surface area contributed by atoms with E-state index >= 15 is 4.39 Å². The van der Waals surface area contributed by atoms with Crippen LogP contribution in [0.25, 0.3) is 33.4 Å². The van der Waals surface area contributed by atoms with Crippen molar-refractivity contribution in [3.8, 4) is 28.1 Å². The first-order valence-corrected chi connectivity index (χ1v) is 16.5. The maximum absolute atomic E-state index is 15.8. The molecule has 5 heterocycles. The van der Waals surface area contributed by atoms with Gasteiger partial charge in [0.1, 0.15) is 11.5 Å². The summed E-state index contributed by atoms with van der Waals surface area (Å²) >= 11 is 0. The lowest BCUT2D eigenvalue weighted by Gasteiger charge is -2.35. The molecule has 0 aliphatic carbocycles. The number of nitrogens with zero attached hydrogens (tertiary/aromatic N) is 5. The molecule has 2 aliphatic rings. The number of carbonyl (C=O) groups is 1. The van der Waals surface area contributed by atoms with Gasteiger partial charge < -0.3 is 28.9 Å². The minimum atomic E-state index is -1.32. The number of hydrogen-bond donors (Lipinski definition) is 1. The fraction of sp³-hybridized carbons (Fsp3) is 0.486. The number of ether oxygens (including phenoxy) is 2. The van der Waals surface area contributed by atoms with E-state index in [-0.39, 0.29) is 5.75 Å². The van der Waals surface area contributed by atoms with Crippen LogP contribution in [0.1, 0.15) is 68.5 Å². The summed E-state index contributed by atoms with van der Waals surface area (Å²) in [5, 5.41) is 11.3. The van der Waals surface area contributed by atoms with Crippen LogP contribution in [0.15, 0.2) is 30.5 Å². The van der Waals surface area contributed by atoms with E-state index in [1.165, 1.54) is 6.07 Å². The molecule has 1 aromatic carbocycles. The highest BCUT2D eigenvalue weighted by Crippen LogP contribution is 2.45. The van der Waals surface area contributed by atoms with Crippen LogP contribution >= 0.6 is 0 Å². The van der Waals surface area contributed by atoms with Crippen LogP contribution in [0.3, 0.4) is 0 Å². The molecule has 3 aromatic heterocycles. The van der Waals surface area contributed by atoms with Gasteiger partial charge in [-0.1, -0.05) is 0 Å². The Labute approximate surface area is 276 Å². The van der Waals surface area contributed by atoms with Crippen LogP contribution in [0.5, 0.6) is 5.75 Å². The second kappa shape index (κ2) is 12.5. The molecular formula is C37H46FN5O4. The number of aliphatic carboxylic acids is 1. The second-order valence-electron chi connectivity index (χ2n) is 14.1. The number of carboxylic acids is 1. The SMILES string of the molecule is Cc1nc2c(cc(-c3ccnc(N4CCC(N(C)C)CC4)c3)n2C)c(-c2cc(F)c3c(c2C)CCCO3)c1[C@H](OC(C)(C)C)C(=O)O. The van der Waals surface area contributed by atoms with Gasteiger partial charge in [0.15, 0.2) is 17.7 Å². The average Bonchev–Trinajstić information content (AvgIpc) is 3.36. The fourth-order valence-electron chi connectivity index (χ4n) is 7.21. The predicted octanol–water partition coefficient (Wildman–Crippen LogP) is 6.85. The molecule has 0 bridgehead atoms. The minimum absolute atomic E-state index is 0.287. The molecule has 250 valence electrons. The Morgan fingerprint density at radius 3 is 2.55 bits per heavy atom. The molecule has 0 spiro atoms. The van der Waals surface area contributed by atoms with Crippen molar-refractivity contribution in [1.29, 1.82) is 0 Å². The van der Waals surface area contributed by atoms with Crippen LogP contribution in [0, 0.1) is 19.7 Å². The number of rotatable bonds is 7. The van der Waals surface area contributed by atoms with Crippen LogP contribution in [-0.2, 0) is 23.0 Å². The standard InChI is InChI=1S/C37H46FN5O4/c1-21-25-10-9-17-46-33(25)28(38)19-26(21)32-27-20-29(23-11-14-39-30(18-23)43-15-12-24(13-16-43)41(6)7)42(8)35(27)40-22(2)31(32)34(36(44)45)47-37(3,4)5/h11,14,18-20,24,34H,9-10,12-13,15-17H2,1-8H3,(H,44,45)/t34-/m0/s1. The molecule has 1 N–H and O–H groups in total. The van der Waals surface area contributed by atoms with Gasteiger partial charge in [0.2, 0.25) is 0 Å².